The number of aliphatic hydroxyl groups excluding tert-OH is 1. The van der Waals surface area contributed by atoms with Crippen LogP contribution in [0, 0.1) is 17.0 Å². The maximum atomic E-state index is 10.6. The summed E-state index contributed by atoms with van der Waals surface area (Å²) >= 11 is 0. The number of phenolic OH excluding ortho intramolecular Hbond substituents is 1. The van der Waals surface area contributed by atoms with E-state index in [1.54, 1.807) is 0 Å². The molecule has 14 heavy (non-hydrogen) atoms. The van der Waals surface area contributed by atoms with E-state index in [2.05, 4.69) is 6.92 Å². The molecule has 1 rings (SSSR count). The van der Waals surface area contributed by atoms with Crippen molar-refractivity contribution < 1.29 is 15.1 Å². The van der Waals surface area contributed by atoms with Gasteiger partial charge in [-0.1, -0.05) is 12.1 Å². The summed E-state index contributed by atoms with van der Waals surface area (Å²) < 4.78 is 0. The maximum absolute atomic E-state index is 10.6. The molecule has 1 radical (unpaired) electrons. The van der Waals surface area contributed by atoms with Gasteiger partial charge in [-0.3, -0.25) is 10.1 Å². The largest absolute Gasteiger partial charge is 0.502 e. The van der Waals surface area contributed by atoms with Crippen LogP contribution in [-0.4, -0.2) is 21.7 Å². The topological polar surface area (TPSA) is 83.6 Å². The van der Waals surface area contributed by atoms with Crippen molar-refractivity contribution in [3.8, 4) is 5.75 Å². The van der Waals surface area contributed by atoms with Crippen molar-refractivity contribution in [3.05, 3.63) is 40.8 Å². The van der Waals surface area contributed by atoms with Gasteiger partial charge in [0, 0.05) is 11.5 Å². The highest BCUT2D eigenvalue weighted by molar-refractivity contribution is 5.53. The van der Waals surface area contributed by atoms with E-state index in [0.29, 0.717) is 0 Å². The molecule has 0 aromatic heterocycles. The first-order valence-corrected chi connectivity index (χ1v) is 3.98. The summed E-state index contributed by atoms with van der Waals surface area (Å²) in [4.78, 5) is 9.92. The molecule has 0 saturated carbocycles. The van der Waals surface area contributed by atoms with Gasteiger partial charge in [0.2, 0.25) is 0 Å². The van der Waals surface area contributed by atoms with Crippen molar-refractivity contribution in [3.63, 3.8) is 0 Å². The number of nitro groups is 1. The van der Waals surface area contributed by atoms with Crippen LogP contribution in [0.4, 0.5) is 5.69 Å². The predicted molar refractivity (Wildman–Crippen MR) is 49.9 cm³/mol. The van der Waals surface area contributed by atoms with Gasteiger partial charge in [0.05, 0.1) is 11.5 Å². The van der Waals surface area contributed by atoms with Crippen LogP contribution >= 0.6 is 0 Å². The van der Waals surface area contributed by atoms with Crippen LogP contribution < -0.4 is 0 Å². The summed E-state index contributed by atoms with van der Waals surface area (Å²) in [5, 5.41) is 28.7. The monoisotopic (exact) mass is 196 g/mol. The summed E-state index contributed by atoms with van der Waals surface area (Å²) in [6.45, 7) is 3.24. The van der Waals surface area contributed by atoms with Gasteiger partial charge in [-0.05, 0) is 13.0 Å². The van der Waals surface area contributed by atoms with E-state index in [4.69, 9.17) is 5.11 Å². The Kier molecular flexibility index (Phi) is 3.03. The zero-order valence-electron chi connectivity index (χ0n) is 7.38. The van der Waals surface area contributed by atoms with Gasteiger partial charge in [0.25, 0.3) is 0 Å². The molecule has 0 fully saturated rings. The van der Waals surface area contributed by atoms with Gasteiger partial charge in [0.15, 0.2) is 5.75 Å². The Balaban J connectivity index is 3.28. The Morgan fingerprint density at radius 1 is 1.57 bits per heavy atom. The minimum Gasteiger partial charge on any atom is -0.502 e. The molecular formula is C9H10NO4. The first-order chi connectivity index (χ1) is 6.57. The summed E-state index contributed by atoms with van der Waals surface area (Å²) in [6.07, 6.45) is 0. The second kappa shape index (κ2) is 4.06. The lowest BCUT2D eigenvalue weighted by Crippen LogP contribution is -2.03. The Morgan fingerprint density at radius 2 is 2.21 bits per heavy atom. The molecule has 0 saturated heterocycles. The van der Waals surface area contributed by atoms with Crippen molar-refractivity contribution in [1.29, 1.82) is 0 Å². The summed E-state index contributed by atoms with van der Waals surface area (Å²) in [7, 11) is 0. The molecule has 1 unspecified atom stereocenters. The summed E-state index contributed by atoms with van der Waals surface area (Å²) in [6, 6.07) is 4.17. The Labute approximate surface area is 80.8 Å². The molecule has 5 heteroatoms. The summed E-state index contributed by atoms with van der Waals surface area (Å²) in [5.74, 6) is -1.02. The fourth-order valence-corrected chi connectivity index (χ4v) is 1.18. The van der Waals surface area contributed by atoms with Gasteiger partial charge in [-0.15, -0.1) is 0 Å². The highest BCUT2D eigenvalue weighted by atomic mass is 16.6. The highest BCUT2D eigenvalue weighted by Crippen LogP contribution is 2.33. The number of aliphatic hydroxyl groups is 1. The fourth-order valence-electron chi connectivity index (χ4n) is 1.18. The molecule has 1 aromatic rings. The third-order valence-electron chi connectivity index (χ3n) is 1.89. The number of benzene rings is 1. The highest BCUT2D eigenvalue weighted by Gasteiger charge is 2.22. The van der Waals surface area contributed by atoms with Crippen LogP contribution in [0.1, 0.15) is 11.5 Å². The normalized spacial score (nSPS) is 12.4. The van der Waals surface area contributed by atoms with Crippen LogP contribution in [0.5, 0.6) is 5.75 Å². The van der Waals surface area contributed by atoms with Gasteiger partial charge in [-0.2, -0.15) is 0 Å². The van der Waals surface area contributed by atoms with Crippen LogP contribution in [0.15, 0.2) is 18.2 Å². The van der Waals surface area contributed by atoms with Crippen molar-refractivity contribution in [2.45, 2.75) is 5.92 Å². The first kappa shape index (κ1) is 10.5. The number of aromatic hydroxyl groups is 1. The van der Waals surface area contributed by atoms with Crippen molar-refractivity contribution in [1.82, 2.24) is 0 Å². The quantitative estimate of drug-likeness (QED) is 0.562. The predicted octanol–water partition coefficient (Wildman–Crippen LogP) is 1.21. The molecular weight excluding hydrogens is 186 g/mol. The van der Waals surface area contributed by atoms with E-state index < -0.39 is 16.6 Å². The van der Waals surface area contributed by atoms with Crippen LogP contribution in [-0.2, 0) is 0 Å². The molecule has 1 aromatic carbocycles. The second-order valence-corrected chi connectivity index (χ2v) is 2.85. The van der Waals surface area contributed by atoms with Crippen LogP contribution in [0.25, 0.3) is 0 Å². The van der Waals surface area contributed by atoms with Gasteiger partial charge < -0.3 is 10.2 Å². The zero-order valence-corrected chi connectivity index (χ0v) is 7.38. The Morgan fingerprint density at radius 3 is 2.71 bits per heavy atom. The van der Waals surface area contributed by atoms with E-state index in [1.807, 2.05) is 0 Å². The number of phenols is 1. The van der Waals surface area contributed by atoms with Crippen molar-refractivity contribution in [2.24, 2.45) is 0 Å². The van der Waals surface area contributed by atoms with E-state index >= 15 is 0 Å². The molecule has 0 aliphatic heterocycles. The van der Waals surface area contributed by atoms with Gasteiger partial charge >= 0.3 is 5.69 Å². The average molecular weight is 196 g/mol. The Bertz CT molecular complexity index is 351. The van der Waals surface area contributed by atoms with Gasteiger partial charge in [0.1, 0.15) is 0 Å². The first-order valence-electron chi connectivity index (χ1n) is 3.98. The minimum absolute atomic E-state index is 0.234. The number of nitro benzene ring substituents is 1. The smallest absolute Gasteiger partial charge is 0.314 e. The number of hydrogen-bond donors (Lipinski definition) is 2. The molecule has 75 valence electrons. The van der Waals surface area contributed by atoms with E-state index in [-0.39, 0.29) is 17.9 Å². The SMILES string of the molecule is [CH2]C(CO)c1cccc(O)c1[N+](=O)[O-]. The molecule has 0 aliphatic carbocycles. The van der Waals surface area contributed by atoms with Crippen molar-refractivity contribution >= 4 is 5.69 Å². The fraction of sp³-hybridized carbons (Fsp3) is 0.222. The third-order valence-corrected chi connectivity index (χ3v) is 1.89. The lowest BCUT2D eigenvalue weighted by atomic mass is 10.00. The zero-order chi connectivity index (χ0) is 10.7. The Hall–Kier alpha value is -1.62. The lowest BCUT2D eigenvalue weighted by molar-refractivity contribution is -0.386. The van der Waals surface area contributed by atoms with E-state index in [1.165, 1.54) is 18.2 Å². The minimum atomic E-state index is -0.682. The molecule has 5 nitrogen and oxygen atoms in total. The molecule has 2 N–H and O–H groups in total. The average Bonchev–Trinajstić information content (AvgIpc) is 2.15. The molecule has 0 amide bonds. The maximum Gasteiger partial charge on any atom is 0.314 e. The molecule has 0 spiro atoms. The standard InChI is InChI=1S/C9H10NO4/c1-6(5-11)7-3-2-4-8(12)9(7)10(13)14/h2-4,6,11-12H,1,5H2. The lowest BCUT2D eigenvalue weighted by Gasteiger charge is -2.08. The molecule has 0 aliphatic rings. The van der Waals surface area contributed by atoms with Crippen molar-refractivity contribution in [2.75, 3.05) is 6.61 Å². The summed E-state index contributed by atoms with van der Waals surface area (Å²) in [5.41, 5.74) is -0.154. The van der Waals surface area contributed by atoms with Crippen LogP contribution in [0.3, 0.4) is 0 Å². The third kappa shape index (κ3) is 1.82. The number of hydrogen-bond acceptors (Lipinski definition) is 4. The second-order valence-electron chi connectivity index (χ2n) is 2.85. The van der Waals surface area contributed by atoms with Crippen LogP contribution in [0.2, 0.25) is 0 Å². The van der Waals surface area contributed by atoms with E-state index in [9.17, 15) is 15.2 Å². The number of rotatable bonds is 3. The van der Waals surface area contributed by atoms with E-state index in [0.717, 1.165) is 0 Å². The number of para-hydroxylation sites is 1. The number of nitrogens with zero attached hydrogens (tertiary/aromatic N) is 1. The molecule has 0 heterocycles. The van der Waals surface area contributed by atoms with Gasteiger partial charge in [-0.25, -0.2) is 0 Å². The molecule has 0 bridgehead atoms. The molecule has 1 atom stereocenters.